The van der Waals surface area contributed by atoms with E-state index in [2.05, 4.69) is 4.98 Å². The average molecular weight is 307 g/mol. The maximum absolute atomic E-state index is 12.6. The van der Waals surface area contributed by atoms with Gasteiger partial charge in [-0.05, 0) is 25.0 Å². The van der Waals surface area contributed by atoms with Crippen molar-refractivity contribution in [3.05, 3.63) is 23.4 Å². The molecule has 1 unspecified atom stereocenters. The van der Waals surface area contributed by atoms with Crippen molar-refractivity contribution in [1.82, 2.24) is 4.98 Å². The van der Waals surface area contributed by atoms with Crippen LogP contribution in [0.15, 0.2) is 17.2 Å². The molecule has 20 heavy (non-hydrogen) atoms. The number of ether oxygens (including phenoxy) is 1. The summed E-state index contributed by atoms with van der Waals surface area (Å²) < 4.78 is 43.1. The third kappa shape index (κ3) is 3.63. The van der Waals surface area contributed by atoms with Crippen LogP contribution in [0.4, 0.5) is 13.2 Å². The highest BCUT2D eigenvalue weighted by Crippen LogP contribution is 2.32. The van der Waals surface area contributed by atoms with Gasteiger partial charge in [0.2, 0.25) is 0 Å². The second kappa shape index (κ2) is 6.01. The molecule has 1 aromatic heterocycles. The van der Waals surface area contributed by atoms with E-state index < -0.39 is 17.8 Å². The van der Waals surface area contributed by atoms with E-state index in [-0.39, 0.29) is 16.7 Å². The molecule has 1 aromatic rings. The molecular formula is C12H12F3NO3S. The molecule has 0 aromatic carbocycles. The summed E-state index contributed by atoms with van der Waals surface area (Å²) in [6.07, 6.45) is -2.91. The van der Waals surface area contributed by atoms with Gasteiger partial charge in [0, 0.05) is 12.4 Å². The number of aromatic carboxylic acids is 1. The van der Waals surface area contributed by atoms with Crippen LogP contribution in [0.1, 0.15) is 28.9 Å². The van der Waals surface area contributed by atoms with Crippen LogP contribution in [0, 0.1) is 0 Å². The summed E-state index contributed by atoms with van der Waals surface area (Å²) in [5.74, 6) is -0.893. The van der Waals surface area contributed by atoms with E-state index >= 15 is 0 Å². The maximum atomic E-state index is 12.6. The van der Waals surface area contributed by atoms with Gasteiger partial charge < -0.3 is 9.84 Å². The minimum absolute atomic E-state index is 0.0574. The van der Waals surface area contributed by atoms with Crippen LogP contribution >= 0.6 is 11.8 Å². The Kier molecular flexibility index (Phi) is 4.54. The molecule has 0 aliphatic carbocycles. The Morgan fingerprint density at radius 2 is 2.25 bits per heavy atom. The zero-order valence-corrected chi connectivity index (χ0v) is 11.1. The third-order valence-corrected chi connectivity index (χ3v) is 3.93. The van der Waals surface area contributed by atoms with Gasteiger partial charge in [0.05, 0.1) is 11.7 Å². The second-order valence-corrected chi connectivity index (χ2v) is 5.31. The van der Waals surface area contributed by atoms with Crippen LogP contribution in [-0.4, -0.2) is 34.5 Å². The number of alkyl halides is 3. The highest BCUT2D eigenvalue weighted by molar-refractivity contribution is 7.99. The minimum atomic E-state index is -4.59. The standard InChI is InChI=1S/C12H12F3NO3S/c13-12(14,15)9-4-3-8(11(17)18)10(16-9)20-6-7-2-1-5-19-7/h3-4,7H,1-2,5-6H2,(H,17,18). The molecule has 0 bridgehead atoms. The summed E-state index contributed by atoms with van der Waals surface area (Å²) in [4.78, 5) is 14.4. The molecule has 2 heterocycles. The molecule has 110 valence electrons. The van der Waals surface area contributed by atoms with E-state index in [0.29, 0.717) is 18.4 Å². The van der Waals surface area contributed by atoms with Crippen LogP contribution in [0.2, 0.25) is 0 Å². The molecule has 4 nitrogen and oxygen atoms in total. The van der Waals surface area contributed by atoms with E-state index in [1.54, 1.807) is 0 Å². The first kappa shape index (κ1) is 15.1. The SMILES string of the molecule is O=C(O)c1ccc(C(F)(F)F)nc1SCC1CCCO1. The van der Waals surface area contributed by atoms with Crippen molar-refractivity contribution in [2.24, 2.45) is 0 Å². The summed E-state index contributed by atoms with van der Waals surface area (Å²) in [5, 5.41) is 8.86. The predicted octanol–water partition coefficient (Wildman–Crippen LogP) is 3.07. The Bertz CT molecular complexity index is 501. The summed E-state index contributed by atoms with van der Waals surface area (Å²) >= 11 is 0.986. The quantitative estimate of drug-likeness (QED) is 0.866. The Morgan fingerprint density at radius 1 is 1.50 bits per heavy atom. The van der Waals surface area contributed by atoms with Gasteiger partial charge in [-0.1, -0.05) is 0 Å². The highest BCUT2D eigenvalue weighted by Gasteiger charge is 2.33. The number of carboxylic acid groups (broad SMARTS) is 1. The molecule has 8 heteroatoms. The van der Waals surface area contributed by atoms with Gasteiger partial charge in [-0.25, -0.2) is 9.78 Å². The fourth-order valence-corrected chi connectivity index (χ4v) is 2.90. The first-order valence-corrected chi connectivity index (χ1v) is 6.92. The molecule has 1 saturated heterocycles. The highest BCUT2D eigenvalue weighted by atomic mass is 32.2. The molecule has 1 fully saturated rings. The molecule has 1 N–H and O–H groups in total. The number of halogens is 3. The van der Waals surface area contributed by atoms with Crippen molar-refractivity contribution in [3.8, 4) is 0 Å². The number of nitrogens with zero attached hydrogens (tertiary/aromatic N) is 1. The number of thioether (sulfide) groups is 1. The van der Waals surface area contributed by atoms with Crippen molar-refractivity contribution in [2.45, 2.75) is 30.1 Å². The van der Waals surface area contributed by atoms with Crippen LogP contribution in [0.5, 0.6) is 0 Å². The molecule has 0 radical (unpaired) electrons. The minimum Gasteiger partial charge on any atom is -0.478 e. The molecule has 1 atom stereocenters. The molecule has 2 rings (SSSR count). The third-order valence-electron chi connectivity index (χ3n) is 2.81. The van der Waals surface area contributed by atoms with Crippen molar-refractivity contribution >= 4 is 17.7 Å². The second-order valence-electron chi connectivity index (χ2n) is 4.30. The van der Waals surface area contributed by atoms with Crippen molar-refractivity contribution in [2.75, 3.05) is 12.4 Å². The maximum Gasteiger partial charge on any atom is 0.433 e. The lowest BCUT2D eigenvalue weighted by molar-refractivity contribution is -0.141. The molecule has 0 saturated carbocycles. The largest absolute Gasteiger partial charge is 0.478 e. The molecule has 0 amide bonds. The van der Waals surface area contributed by atoms with E-state index in [1.807, 2.05) is 0 Å². The number of hydrogen-bond acceptors (Lipinski definition) is 4. The smallest absolute Gasteiger partial charge is 0.433 e. The molecule has 1 aliphatic heterocycles. The number of aromatic nitrogens is 1. The fraction of sp³-hybridized carbons (Fsp3) is 0.500. The lowest BCUT2D eigenvalue weighted by atomic mass is 10.2. The number of rotatable bonds is 4. The Morgan fingerprint density at radius 3 is 2.80 bits per heavy atom. The number of carboxylic acids is 1. The normalized spacial score (nSPS) is 19.2. The monoisotopic (exact) mass is 307 g/mol. The Hall–Kier alpha value is -1.28. The lowest BCUT2D eigenvalue weighted by Gasteiger charge is -2.12. The fourth-order valence-electron chi connectivity index (χ4n) is 1.82. The van der Waals surface area contributed by atoms with Gasteiger partial charge in [-0.2, -0.15) is 13.2 Å². The predicted molar refractivity (Wildman–Crippen MR) is 65.9 cm³/mol. The zero-order chi connectivity index (χ0) is 14.8. The summed E-state index contributed by atoms with van der Waals surface area (Å²) in [6, 6.07) is 1.62. The van der Waals surface area contributed by atoms with Gasteiger partial charge >= 0.3 is 12.1 Å². The molecule has 1 aliphatic rings. The van der Waals surface area contributed by atoms with Gasteiger partial charge in [0.25, 0.3) is 0 Å². The van der Waals surface area contributed by atoms with Gasteiger partial charge in [-0.3, -0.25) is 0 Å². The van der Waals surface area contributed by atoms with E-state index in [1.165, 1.54) is 0 Å². The van der Waals surface area contributed by atoms with Crippen molar-refractivity contribution in [1.29, 1.82) is 0 Å². The van der Waals surface area contributed by atoms with Crippen LogP contribution < -0.4 is 0 Å². The number of carbonyl (C=O) groups is 1. The molecular weight excluding hydrogens is 295 g/mol. The first-order chi connectivity index (χ1) is 9.38. The Labute approximate surface area is 117 Å². The van der Waals surface area contributed by atoms with E-state index in [9.17, 15) is 18.0 Å². The molecule has 0 spiro atoms. The Balaban J connectivity index is 2.20. The lowest BCUT2D eigenvalue weighted by Crippen LogP contribution is -2.13. The van der Waals surface area contributed by atoms with Crippen LogP contribution in [0.3, 0.4) is 0 Å². The van der Waals surface area contributed by atoms with Crippen molar-refractivity contribution < 1.29 is 27.8 Å². The average Bonchev–Trinajstić information content (AvgIpc) is 2.87. The summed E-state index contributed by atoms with van der Waals surface area (Å²) in [7, 11) is 0. The van der Waals surface area contributed by atoms with Gasteiger partial charge in [0.15, 0.2) is 0 Å². The first-order valence-electron chi connectivity index (χ1n) is 5.94. The van der Waals surface area contributed by atoms with Crippen LogP contribution in [0.25, 0.3) is 0 Å². The van der Waals surface area contributed by atoms with Gasteiger partial charge in [-0.15, -0.1) is 11.8 Å². The zero-order valence-electron chi connectivity index (χ0n) is 10.3. The van der Waals surface area contributed by atoms with E-state index in [4.69, 9.17) is 9.84 Å². The summed E-state index contributed by atoms with van der Waals surface area (Å²) in [6.45, 7) is 0.632. The topological polar surface area (TPSA) is 59.4 Å². The van der Waals surface area contributed by atoms with Crippen LogP contribution in [-0.2, 0) is 10.9 Å². The van der Waals surface area contributed by atoms with E-state index in [0.717, 1.165) is 30.7 Å². The van der Waals surface area contributed by atoms with Crippen molar-refractivity contribution in [3.63, 3.8) is 0 Å². The van der Waals surface area contributed by atoms with Gasteiger partial charge in [0.1, 0.15) is 10.7 Å². The number of hydrogen-bond donors (Lipinski definition) is 1. The summed E-state index contributed by atoms with van der Waals surface area (Å²) in [5.41, 5.74) is -1.31. The number of pyridine rings is 1.